The number of anilines is 1. The Morgan fingerprint density at radius 3 is 2.13 bits per heavy atom. The Labute approximate surface area is 138 Å². The Kier molecular flexibility index (Phi) is 3.76. The zero-order valence-corrected chi connectivity index (χ0v) is 12.7. The van der Waals surface area contributed by atoms with Crippen LogP contribution in [-0.2, 0) is 0 Å². The highest BCUT2D eigenvalue weighted by molar-refractivity contribution is 6.30. The lowest BCUT2D eigenvalue weighted by atomic mass is 10.0. The fourth-order valence-electron chi connectivity index (χ4n) is 2.55. The summed E-state index contributed by atoms with van der Waals surface area (Å²) in [7, 11) is 0. The summed E-state index contributed by atoms with van der Waals surface area (Å²) in [6.07, 6.45) is 0. The molecule has 1 heterocycles. The minimum Gasteiger partial charge on any atom is -0.384 e. The minimum atomic E-state index is 0.241. The second kappa shape index (κ2) is 5.88. The maximum atomic E-state index is 9.65. The molecule has 0 saturated heterocycles. The Balaban J connectivity index is 2.35. The lowest BCUT2D eigenvalue weighted by Crippen LogP contribution is -2.02. The molecule has 0 saturated carbocycles. The molecule has 0 radical (unpaired) electrons. The average Bonchev–Trinajstić information content (AvgIpc) is 2.88. The second-order valence-corrected chi connectivity index (χ2v) is 5.32. The first-order valence-corrected chi connectivity index (χ1v) is 7.21. The van der Waals surface area contributed by atoms with E-state index in [0.717, 1.165) is 5.56 Å². The quantitative estimate of drug-likeness (QED) is 0.771. The molecule has 23 heavy (non-hydrogen) atoms. The zero-order valence-electron chi connectivity index (χ0n) is 12.0. The first-order chi connectivity index (χ1) is 11.2. The molecule has 2 N–H and O–H groups in total. The van der Waals surface area contributed by atoms with E-state index in [4.69, 9.17) is 17.3 Å². The molecule has 2 aromatic carbocycles. The van der Waals surface area contributed by atoms with Crippen LogP contribution in [0.15, 0.2) is 54.6 Å². The molecular weight excluding hydrogens is 308 g/mol. The molecule has 0 atom stereocenters. The van der Waals surface area contributed by atoms with Crippen molar-refractivity contribution in [3.05, 3.63) is 70.9 Å². The summed E-state index contributed by atoms with van der Waals surface area (Å²) in [4.78, 5) is 0. The van der Waals surface area contributed by atoms with E-state index in [9.17, 15) is 10.5 Å². The molecule has 110 valence electrons. The van der Waals surface area contributed by atoms with Gasteiger partial charge >= 0.3 is 0 Å². The van der Waals surface area contributed by atoms with Crippen LogP contribution in [0.4, 0.5) is 5.82 Å². The third-order valence-electron chi connectivity index (χ3n) is 3.57. The van der Waals surface area contributed by atoms with Crippen molar-refractivity contribution in [2.75, 3.05) is 5.73 Å². The van der Waals surface area contributed by atoms with Crippen LogP contribution >= 0.6 is 11.6 Å². The van der Waals surface area contributed by atoms with Gasteiger partial charge < -0.3 is 5.73 Å². The average molecular weight is 319 g/mol. The predicted molar refractivity (Wildman–Crippen MR) is 90.1 cm³/mol. The first kappa shape index (κ1) is 14.7. The van der Waals surface area contributed by atoms with Gasteiger partial charge in [0.15, 0.2) is 0 Å². The molecule has 0 spiro atoms. The van der Waals surface area contributed by atoms with Crippen LogP contribution in [0.25, 0.3) is 16.8 Å². The topological polar surface area (TPSA) is 78.5 Å². The first-order valence-electron chi connectivity index (χ1n) is 6.83. The number of hydrogen-bond acceptors (Lipinski definition) is 3. The van der Waals surface area contributed by atoms with Crippen LogP contribution in [0.3, 0.4) is 0 Å². The van der Waals surface area contributed by atoms with Crippen molar-refractivity contribution in [3.8, 4) is 29.0 Å². The van der Waals surface area contributed by atoms with Crippen LogP contribution in [-0.4, -0.2) is 4.57 Å². The monoisotopic (exact) mass is 318 g/mol. The molecule has 3 aromatic rings. The van der Waals surface area contributed by atoms with Crippen molar-refractivity contribution in [1.82, 2.24) is 4.57 Å². The van der Waals surface area contributed by atoms with Gasteiger partial charge in [0.2, 0.25) is 0 Å². The molecule has 0 aliphatic rings. The molecule has 5 heteroatoms. The number of halogens is 1. The van der Waals surface area contributed by atoms with Crippen LogP contribution in [0, 0.1) is 22.7 Å². The van der Waals surface area contributed by atoms with E-state index < -0.39 is 0 Å². The smallest absolute Gasteiger partial charge is 0.135 e. The van der Waals surface area contributed by atoms with Gasteiger partial charge in [0.1, 0.15) is 29.2 Å². The largest absolute Gasteiger partial charge is 0.384 e. The van der Waals surface area contributed by atoms with Gasteiger partial charge in [-0.2, -0.15) is 10.5 Å². The number of nitriles is 2. The van der Waals surface area contributed by atoms with Gasteiger partial charge in [-0.3, -0.25) is 4.57 Å². The van der Waals surface area contributed by atoms with E-state index in [1.165, 1.54) is 0 Å². The van der Waals surface area contributed by atoms with Gasteiger partial charge in [-0.25, -0.2) is 0 Å². The van der Waals surface area contributed by atoms with Crippen LogP contribution < -0.4 is 5.73 Å². The normalized spacial score (nSPS) is 10.0. The fourth-order valence-corrected chi connectivity index (χ4v) is 2.68. The van der Waals surface area contributed by atoms with Crippen molar-refractivity contribution >= 4 is 17.4 Å². The summed E-state index contributed by atoms with van der Waals surface area (Å²) >= 11 is 5.91. The summed E-state index contributed by atoms with van der Waals surface area (Å²) in [5.41, 5.74) is 8.78. The lowest BCUT2D eigenvalue weighted by Gasteiger charge is -2.08. The Hall–Kier alpha value is -3.21. The third-order valence-corrected chi connectivity index (χ3v) is 3.82. The molecule has 0 amide bonds. The molecule has 0 aliphatic heterocycles. The second-order valence-electron chi connectivity index (χ2n) is 4.89. The molecule has 0 unspecified atom stereocenters. The molecule has 4 nitrogen and oxygen atoms in total. The van der Waals surface area contributed by atoms with E-state index in [1.807, 2.05) is 30.3 Å². The summed E-state index contributed by atoms with van der Waals surface area (Å²) in [5.74, 6) is 0.241. The van der Waals surface area contributed by atoms with Crippen molar-refractivity contribution < 1.29 is 0 Å². The number of rotatable bonds is 2. The van der Waals surface area contributed by atoms with Crippen molar-refractivity contribution in [1.29, 1.82) is 10.5 Å². The van der Waals surface area contributed by atoms with Crippen LogP contribution in [0.1, 0.15) is 11.3 Å². The number of benzene rings is 2. The lowest BCUT2D eigenvalue weighted by molar-refractivity contribution is 1.06. The summed E-state index contributed by atoms with van der Waals surface area (Å²) < 4.78 is 1.58. The molecule has 1 aromatic heterocycles. The highest BCUT2D eigenvalue weighted by Crippen LogP contribution is 2.36. The third kappa shape index (κ3) is 2.42. The Morgan fingerprint density at radius 1 is 0.913 bits per heavy atom. The van der Waals surface area contributed by atoms with Crippen LogP contribution in [0.5, 0.6) is 0 Å². The number of nitrogens with zero attached hydrogens (tertiary/aromatic N) is 3. The highest BCUT2D eigenvalue weighted by atomic mass is 35.5. The highest BCUT2D eigenvalue weighted by Gasteiger charge is 2.23. The van der Waals surface area contributed by atoms with Gasteiger partial charge in [-0.15, -0.1) is 0 Å². The summed E-state index contributed by atoms with van der Waals surface area (Å²) in [6.45, 7) is 0. The predicted octanol–water partition coefficient (Wildman–Crippen LogP) is 4.12. The van der Waals surface area contributed by atoms with Crippen molar-refractivity contribution in [3.63, 3.8) is 0 Å². The van der Waals surface area contributed by atoms with E-state index in [1.54, 1.807) is 28.8 Å². The Bertz CT molecular complexity index is 942. The number of aromatic nitrogens is 1. The van der Waals surface area contributed by atoms with Gasteiger partial charge in [0.05, 0.1) is 0 Å². The molecular formula is C18H11ClN4. The van der Waals surface area contributed by atoms with E-state index in [-0.39, 0.29) is 5.82 Å². The standard InChI is InChI=1S/C18H11ClN4/c19-13-6-8-14(9-7-13)23-16(11-21)17(15(10-20)18(23)22)12-4-2-1-3-5-12/h1-9H,22H2. The summed E-state index contributed by atoms with van der Waals surface area (Å²) in [6, 6.07) is 20.5. The number of nitrogen functional groups attached to an aromatic ring is 1. The molecule has 0 aliphatic carbocycles. The van der Waals surface area contributed by atoms with Gasteiger partial charge in [-0.05, 0) is 29.8 Å². The maximum Gasteiger partial charge on any atom is 0.135 e. The molecule has 0 fully saturated rings. The van der Waals surface area contributed by atoms with Gasteiger partial charge in [0.25, 0.3) is 0 Å². The summed E-state index contributed by atoms with van der Waals surface area (Å²) in [5, 5.41) is 19.7. The maximum absolute atomic E-state index is 9.65. The zero-order chi connectivity index (χ0) is 16.4. The van der Waals surface area contributed by atoms with Gasteiger partial charge in [0, 0.05) is 16.3 Å². The number of hydrogen-bond donors (Lipinski definition) is 1. The van der Waals surface area contributed by atoms with Crippen LogP contribution in [0.2, 0.25) is 5.02 Å². The van der Waals surface area contributed by atoms with Crippen molar-refractivity contribution in [2.24, 2.45) is 0 Å². The minimum absolute atomic E-state index is 0.241. The van der Waals surface area contributed by atoms with E-state index >= 15 is 0 Å². The van der Waals surface area contributed by atoms with E-state index in [2.05, 4.69) is 12.1 Å². The van der Waals surface area contributed by atoms with Gasteiger partial charge in [-0.1, -0.05) is 41.9 Å². The molecule has 0 bridgehead atoms. The molecule has 3 rings (SSSR count). The van der Waals surface area contributed by atoms with Crippen molar-refractivity contribution in [2.45, 2.75) is 0 Å². The fraction of sp³-hybridized carbons (Fsp3) is 0. The SMILES string of the molecule is N#Cc1c(-c2ccccc2)c(C#N)n(-c2ccc(Cl)cc2)c1N. The number of nitrogens with two attached hydrogens (primary N) is 1. The Morgan fingerprint density at radius 2 is 1.57 bits per heavy atom. The van der Waals surface area contributed by atoms with E-state index in [0.29, 0.717) is 27.5 Å².